The third-order valence-electron chi connectivity index (χ3n) is 5.59. The number of carbonyl (C=O) groups excluding carboxylic acids is 2. The van der Waals surface area contributed by atoms with Gasteiger partial charge in [-0.15, -0.1) is 0 Å². The SMILES string of the molecule is COc1ccc(C(O)=C2C(=O)C(=O)N(CCc3ccccc3)[C@H]2c2ccccc2F)cc1. The Morgan fingerprint density at radius 2 is 1.62 bits per heavy atom. The molecule has 6 heteroatoms. The summed E-state index contributed by atoms with van der Waals surface area (Å²) < 4.78 is 19.9. The van der Waals surface area contributed by atoms with Gasteiger partial charge in [-0.1, -0.05) is 48.5 Å². The van der Waals surface area contributed by atoms with Crippen LogP contribution in [-0.2, 0) is 16.0 Å². The number of methoxy groups -OCH3 is 1. The van der Waals surface area contributed by atoms with E-state index in [0.717, 1.165) is 5.56 Å². The molecule has 1 heterocycles. The molecule has 0 unspecified atom stereocenters. The smallest absolute Gasteiger partial charge is 0.295 e. The number of rotatable bonds is 6. The number of carbonyl (C=O) groups is 2. The highest BCUT2D eigenvalue weighted by Gasteiger charge is 2.46. The fourth-order valence-corrected chi connectivity index (χ4v) is 3.93. The molecule has 1 aliphatic rings. The van der Waals surface area contributed by atoms with Gasteiger partial charge in [-0.3, -0.25) is 9.59 Å². The maximum atomic E-state index is 14.8. The minimum Gasteiger partial charge on any atom is -0.507 e. The summed E-state index contributed by atoms with van der Waals surface area (Å²) in [5.74, 6) is -1.91. The Bertz CT molecular complexity index is 1170. The Labute approximate surface area is 185 Å². The number of Topliss-reactive ketones (excluding diaryl/α,β-unsaturated/α-hetero) is 1. The van der Waals surface area contributed by atoms with E-state index in [2.05, 4.69) is 0 Å². The minimum atomic E-state index is -1.03. The molecule has 3 aromatic carbocycles. The van der Waals surface area contributed by atoms with Gasteiger partial charge in [0.15, 0.2) is 0 Å². The molecule has 1 N–H and O–H groups in total. The van der Waals surface area contributed by atoms with Crippen molar-refractivity contribution < 1.29 is 23.8 Å². The molecule has 32 heavy (non-hydrogen) atoms. The number of halogens is 1. The molecule has 0 spiro atoms. The highest BCUT2D eigenvalue weighted by molar-refractivity contribution is 6.46. The van der Waals surface area contributed by atoms with Crippen LogP contribution in [0.5, 0.6) is 5.75 Å². The van der Waals surface area contributed by atoms with Crippen molar-refractivity contribution in [2.45, 2.75) is 12.5 Å². The van der Waals surface area contributed by atoms with Gasteiger partial charge in [0.1, 0.15) is 17.3 Å². The molecule has 5 nitrogen and oxygen atoms in total. The second-order valence-electron chi connectivity index (χ2n) is 7.48. The van der Waals surface area contributed by atoms with E-state index < -0.39 is 23.5 Å². The van der Waals surface area contributed by atoms with Crippen LogP contribution in [0.3, 0.4) is 0 Å². The summed E-state index contributed by atoms with van der Waals surface area (Å²) in [5.41, 5.74) is 1.36. The van der Waals surface area contributed by atoms with Crippen LogP contribution in [0, 0.1) is 5.82 Å². The summed E-state index contributed by atoms with van der Waals surface area (Å²) in [6, 6.07) is 20.9. The Morgan fingerprint density at radius 1 is 0.969 bits per heavy atom. The van der Waals surface area contributed by atoms with Crippen LogP contribution in [0.25, 0.3) is 5.76 Å². The van der Waals surface area contributed by atoms with Crippen molar-refractivity contribution in [2.75, 3.05) is 13.7 Å². The molecule has 1 saturated heterocycles. The summed E-state index contributed by atoms with van der Waals surface area (Å²) in [5, 5.41) is 11.0. The number of likely N-dealkylation sites (tertiary alicyclic amines) is 1. The lowest BCUT2D eigenvalue weighted by atomic mass is 9.94. The highest BCUT2D eigenvalue weighted by atomic mass is 19.1. The summed E-state index contributed by atoms with van der Waals surface area (Å²) in [6.07, 6.45) is 0.487. The second-order valence-corrected chi connectivity index (χ2v) is 7.48. The summed E-state index contributed by atoms with van der Waals surface area (Å²) in [4.78, 5) is 27.3. The Balaban J connectivity index is 1.79. The van der Waals surface area contributed by atoms with Crippen molar-refractivity contribution in [1.82, 2.24) is 4.90 Å². The Hall–Kier alpha value is -3.93. The lowest BCUT2D eigenvalue weighted by molar-refractivity contribution is -0.139. The van der Waals surface area contributed by atoms with Crippen LogP contribution in [-0.4, -0.2) is 35.4 Å². The van der Waals surface area contributed by atoms with Gasteiger partial charge in [0.2, 0.25) is 0 Å². The molecule has 0 bridgehead atoms. The monoisotopic (exact) mass is 431 g/mol. The lowest BCUT2D eigenvalue weighted by Gasteiger charge is -2.25. The van der Waals surface area contributed by atoms with Gasteiger partial charge in [0, 0.05) is 17.7 Å². The molecule has 0 saturated carbocycles. The number of hydrogen-bond acceptors (Lipinski definition) is 4. The summed E-state index contributed by atoms with van der Waals surface area (Å²) in [7, 11) is 1.52. The van der Waals surface area contributed by atoms with E-state index in [4.69, 9.17) is 4.74 Å². The first-order chi connectivity index (χ1) is 15.5. The van der Waals surface area contributed by atoms with Crippen molar-refractivity contribution in [3.05, 3.63) is 107 Å². The van der Waals surface area contributed by atoms with E-state index in [9.17, 15) is 19.1 Å². The molecule has 0 aromatic heterocycles. The van der Waals surface area contributed by atoms with Gasteiger partial charge < -0.3 is 14.7 Å². The fourth-order valence-electron chi connectivity index (χ4n) is 3.93. The molecular weight excluding hydrogens is 409 g/mol. The van der Waals surface area contributed by atoms with Crippen molar-refractivity contribution in [1.29, 1.82) is 0 Å². The van der Waals surface area contributed by atoms with Crippen molar-refractivity contribution in [3.63, 3.8) is 0 Å². The zero-order chi connectivity index (χ0) is 22.7. The average molecular weight is 431 g/mol. The quantitative estimate of drug-likeness (QED) is 0.355. The van der Waals surface area contributed by atoms with Crippen molar-refractivity contribution >= 4 is 17.4 Å². The van der Waals surface area contributed by atoms with Gasteiger partial charge >= 0.3 is 0 Å². The third-order valence-corrected chi connectivity index (χ3v) is 5.59. The molecule has 1 aliphatic heterocycles. The number of ketones is 1. The second kappa shape index (κ2) is 9.06. The maximum absolute atomic E-state index is 14.8. The number of hydrogen-bond donors (Lipinski definition) is 1. The normalized spacial score (nSPS) is 17.6. The topological polar surface area (TPSA) is 66.8 Å². The number of aliphatic hydroxyl groups is 1. The number of benzene rings is 3. The van der Waals surface area contributed by atoms with Crippen molar-refractivity contribution in [3.8, 4) is 5.75 Å². The van der Waals surface area contributed by atoms with Crippen molar-refractivity contribution in [2.24, 2.45) is 0 Å². The molecule has 1 fully saturated rings. The van der Waals surface area contributed by atoms with Gasteiger partial charge in [-0.25, -0.2) is 4.39 Å². The van der Waals surface area contributed by atoms with E-state index in [1.54, 1.807) is 36.4 Å². The van der Waals surface area contributed by atoms with Gasteiger partial charge in [0.05, 0.1) is 18.7 Å². The van der Waals surface area contributed by atoms with Crippen LogP contribution in [0.15, 0.2) is 84.4 Å². The number of aliphatic hydroxyl groups excluding tert-OH is 1. The van der Waals surface area contributed by atoms with Crippen LogP contribution < -0.4 is 4.74 Å². The predicted molar refractivity (Wildman–Crippen MR) is 119 cm³/mol. The molecule has 0 aliphatic carbocycles. The zero-order valence-corrected chi connectivity index (χ0v) is 17.5. The van der Waals surface area contributed by atoms with Crippen LogP contribution >= 0.6 is 0 Å². The number of amides is 1. The van der Waals surface area contributed by atoms with Crippen LogP contribution in [0.1, 0.15) is 22.7 Å². The first-order valence-corrected chi connectivity index (χ1v) is 10.2. The minimum absolute atomic E-state index is 0.127. The third kappa shape index (κ3) is 3.99. The Morgan fingerprint density at radius 3 is 2.28 bits per heavy atom. The number of nitrogens with zero attached hydrogens (tertiary/aromatic N) is 1. The molecule has 3 aromatic rings. The summed E-state index contributed by atoms with van der Waals surface area (Å²) in [6.45, 7) is 0.201. The standard InChI is InChI=1S/C26H22FNO4/c1-32-19-13-11-18(12-14-19)24(29)22-23(20-9-5-6-10-21(20)27)28(26(31)25(22)30)16-15-17-7-3-2-4-8-17/h2-14,23,29H,15-16H2,1H3/t23-/m0/s1. The molecule has 4 rings (SSSR count). The largest absolute Gasteiger partial charge is 0.507 e. The van der Waals surface area contributed by atoms with Crippen LogP contribution in [0.4, 0.5) is 4.39 Å². The van der Waals surface area contributed by atoms with Gasteiger partial charge in [-0.2, -0.15) is 0 Å². The van der Waals surface area contributed by atoms with Gasteiger partial charge in [0.25, 0.3) is 11.7 Å². The van der Waals surface area contributed by atoms with Crippen LogP contribution in [0.2, 0.25) is 0 Å². The summed E-state index contributed by atoms with van der Waals surface area (Å²) >= 11 is 0. The predicted octanol–water partition coefficient (Wildman–Crippen LogP) is 4.50. The van der Waals surface area contributed by atoms with Gasteiger partial charge in [-0.05, 0) is 42.3 Å². The molecule has 1 atom stereocenters. The first-order valence-electron chi connectivity index (χ1n) is 10.2. The van der Waals surface area contributed by atoms with E-state index in [0.29, 0.717) is 17.7 Å². The van der Waals surface area contributed by atoms with E-state index in [1.807, 2.05) is 30.3 Å². The molecule has 162 valence electrons. The molecular formula is C26H22FNO4. The number of ether oxygens (including phenoxy) is 1. The lowest BCUT2D eigenvalue weighted by Crippen LogP contribution is -2.32. The van der Waals surface area contributed by atoms with E-state index in [1.165, 1.54) is 24.1 Å². The average Bonchev–Trinajstić information content (AvgIpc) is 3.08. The fraction of sp³-hybridized carbons (Fsp3) is 0.154. The molecule has 1 amide bonds. The van der Waals surface area contributed by atoms with E-state index >= 15 is 0 Å². The Kier molecular flexibility index (Phi) is 6.03. The highest BCUT2D eigenvalue weighted by Crippen LogP contribution is 2.40. The molecule has 0 radical (unpaired) electrons. The zero-order valence-electron chi connectivity index (χ0n) is 17.5. The first kappa shape index (κ1) is 21.3. The van der Waals surface area contributed by atoms with E-state index in [-0.39, 0.29) is 23.4 Å². The maximum Gasteiger partial charge on any atom is 0.295 e.